The van der Waals surface area contributed by atoms with E-state index in [2.05, 4.69) is 38.6 Å². The molecule has 0 aliphatic carbocycles. The molecular weight excluding hydrogens is 246 g/mol. The topological polar surface area (TPSA) is 38.2 Å². The lowest BCUT2D eigenvalue weighted by Crippen LogP contribution is -2.43. The van der Waals surface area contributed by atoms with E-state index in [4.69, 9.17) is 4.74 Å². The van der Waals surface area contributed by atoms with Gasteiger partial charge in [-0.15, -0.1) is 0 Å². The quantitative estimate of drug-likeness (QED) is 0.832. The van der Waals surface area contributed by atoms with Crippen molar-refractivity contribution in [2.75, 3.05) is 18.0 Å². The summed E-state index contributed by atoms with van der Waals surface area (Å²) in [6.45, 7) is 3.79. The van der Waals surface area contributed by atoms with Crippen molar-refractivity contribution < 1.29 is 4.74 Å². The molecule has 0 bridgehead atoms. The van der Waals surface area contributed by atoms with Crippen LogP contribution in [-0.2, 0) is 4.74 Å². The molecule has 3 heterocycles. The molecule has 0 spiro atoms. The maximum Gasteiger partial charge on any atom is 0.147 e. The van der Waals surface area contributed by atoms with E-state index in [1.165, 1.54) is 5.56 Å². The Morgan fingerprint density at radius 1 is 1.39 bits per heavy atom. The molecule has 2 atom stereocenters. The third kappa shape index (κ3) is 2.37. The van der Waals surface area contributed by atoms with Crippen LogP contribution in [-0.4, -0.2) is 29.2 Å². The number of hydrogen-bond acceptors (Lipinski definition) is 5. The predicted molar refractivity (Wildman–Crippen MR) is 71.9 cm³/mol. The van der Waals surface area contributed by atoms with Crippen molar-refractivity contribution in [3.8, 4) is 0 Å². The summed E-state index contributed by atoms with van der Waals surface area (Å²) in [5.41, 5.74) is 1.25. The van der Waals surface area contributed by atoms with Crippen molar-refractivity contribution >= 4 is 17.2 Å². The third-order valence-electron chi connectivity index (χ3n) is 3.05. The molecule has 4 nitrogen and oxygen atoms in total. The molecule has 0 aromatic carbocycles. The molecule has 0 saturated carbocycles. The van der Waals surface area contributed by atoms with Crippen LogP contribution < -0.4 is 4.90 Å². The number of ether oxygens (including phenoxy) is 1. The van der Waals surface area contributed by atoms with E-state index in [9.17, 15) is 0 Å². The normalized spacial score (nSPS) is 24.2. The largest absolute Gasteiger partial charge is 0.367 e. The Morgan fingerprint density at radius 2 is 2.33 bits per heavy atom. The van der Waals surface area contributed by atoms with Crippen LogP contribution in [0.15, 0.2) is 35.4 Å². The van der Waals surface area contributed by atoms with Gasteiger partial charge in [-0.05, 0) is 29.3 Å². The fraction of sp³-hybridized carbons (Fsp3) is 0.385. The molecule has 2 unspecified atom stereocenters. The first-order chi connectivity index (χ1) is 8.83. The highest BCUT2D eigenvalue weighted by Crippen LogP contribution is 2.28. The van der Waals surface area contributed by atoms with Crippen LogP contribution in [0.25, 0.3) is 0 Å². The van der Waals surface area contributed by atoms with Crippen molar-refractivity contribution in [2.24, 2.45) is 0 Å². The molecule has 0 radical (unpaired) electrons. The zero-order chi connectivity index (χ0) is 12.4. The maximum absolute atomic E-state index is 6.00. The van der Waals surface area contributed by atoms with Crippen molar-refractivity contribution in [3.63, 3.8) is 0 Å². The van der Waals surface area contributed by atoms with Crippen LogP contribution in [0.5, 0.6) is 0 Å². The van der Waals surface area contributed by atoms with E-state index in [0.29, 0.717) is 0 Å². The first-order valence-corrected chi connectivity index (χ1v) is 6.96. The fourth-order valence-electron chi connectivity index (χ4n) is 2.24. The summed E-state index contributed by atoms with van der Waals surface area (Å²) in [7, 11) is 0. The molecular formula is C13H15N3OS. The molecule has 1 aliphatic heterocycles. The zero-order valence-electron chi connectivity index (χ0n) is 10.2. The number of anilines is 1. The average molecular weight is 261 g/mol. The van der Waals surface area contributed by atoms with E-state index in [-0.39, 0.29) is 12.2 Å². The maximum atomic E-state index is 6.00. The summed E-state index contributed by atoms with van der Waals surface area (Å²) < 4.78 is 6.00. The van der Waals surface area contributed by atoms with Gasteiger partial charge in [0.15, 0.2) is 0 Å². The highest BCUT2D eigenvalue weighted by atomic mass is 32.1. The number of thiophene rings is 1. The van der Waals surface area contributed by atoms with Gasteiger partial charge >= 0.3 is 0 Å². The Balaban J connectivity index is 1.81. The second-order valence-corrected chi connectivity index (χ2v) is 5.24. The summed E-state index contributed by atoms with van der Waals surface area (Å²) in [4.78, 5) is 10.7. The van der Waals surface area contributed by atoms with Gasteiger partial charge in [0.05, 0.1) is 12.3 Å². The predicted octanol–water partition coefficient (Wildman–Crippen LogP) is 2.50. The van der Waals surface area contributed by atoms with Crippen molar-refractivity contribution in [2.45, 2.75) is 19.1 Å². The van der Waals surface area contributed by atoms with Crippen molar-refractivity contribution in [1.82, 2.24) is 9.97 Å². The molecule has 1 fully saturated rings. The molecule has 18 heavy (non-hydrogen) atoms. The van der Waals surface area contributed by atoms with Gasteiger partial charge in [-0.25, -0.2) is 4.98 Å². The monoisotopic (exact) mass is 261 g/mol. The molecule has 2 aromatic heterocycles. The molecule has 1 aliphatic rings. The highest BCUT2D eigenvalue weighted by Gasteiger charge is 2.27. The minimum Gasteiger partial charge on any atom is -0.367 e. The smallest absolute Gasteiger partial charge is 0.147 e. The van der Waals surface area contributed by atoms with Crippen LogP contribution in [0.2, 0.25) is 0 Å². The molecule has 94 valence electrons. The Labute approximate surface area is 110 Å². The lowest BCUT2D eigenvalue weighted by atomic mass is 10.1. The first kappa shape index (κ1) is 11.6. The minimum atomic E-state index is 0.127. The molecule has 5 heteroatoms. The van der Waals surface area contributed by atoms with E-state index >= 15 is 0 Å². The van der Waals surface area contributed by atoms with Gasteiger partial charge in [0.2, 0.25) is 0 Å². The van der Waals surface area contributed by atoms with Crippen LogP contribution >= 0.6 is 11.3 Å². The lowest BCUT2D eigenvalue weighted by molar-refractivity contribution is -0.0174. The molecule has 0 N–H and O–H groups in total. The Morgan fingerprint density at radius 3 is 3.06 bits per heavy atom. The van der Waals surface area contributed by atoms with Gasteiger partial charge in [-0.3, -0.25) is 4.98 Å². The number of morpholine rings is 1. The standard InChI is InChI=1S/C13H15N3OS/c1-10-7-16(13-6-14-3-4-15-13)8-12(17-10)11-2-5-18-9-11/h2-6,9-10,12H,7-8H2,1H3. The Bertz CT molecular complexity index is 488. The summed E-state index contributed by atoms with van der Waals surface area (Å²) in [6, 6.07) is 2.13. The van der Waals surface area contributed by atoms with Gasteiger partial charge in [-0.1, -0.05) is 0 Å². The van der Waals surface area contributed by atoms with E-state index < -0.39 is 0 Å². The molecule has 0 amide bonds. The number of rotatable bonds is 2. The Kier molecular flexibility index (Phi) is 3.25. The average Bonchev–Trinajstić information content (AvgIpc) is 2.93. The van der Waals surface area contributed by atoms with Crippen molar-refractivity contribution in [1.29, 1.82) is 0 Å². The van der Waals surface area contributed by atoms with Gasteiger partial charge in [0.25, 0.3) is 0 Å². The van der Waals surface area contributed by atoms with Crippen LogP contribution in [0.1, 0.15) is 18.6 Å². The molecule has 1 saturated heterocycles. The fourth-order valence-corrected chi connectivity index (χ4v) is 2.94. The summed E-state index contributed by atoms with van der Waals surface area (Å²) in [5.74, 6) is 0.924. The van der Waals surface area contributed by atoms with Gasteiger partial charge in [0.1, 0.15) is 11.9 Å². The van der Waals surface area contributed by atoms with E-state index in [0.717, 1.165) is 18.9 Å². The number of aromatic nitrogens is 2. The highest BCUT2D eigenvalue weighted by molar-refractivity contribution is 7.07. The molecule has 3 rings (SSSR count). The van der Waals surface area contributed by atoms with Crippen LogP contribution in [0, 0.1) is 0 Å². The van der Waals surface area contributed by atoms with Crippen molar-refractivity contribution in [3.05, 3.63) is 41.0 Å². The number of hydrogen-bond donors (Lipinski definition) is 0. The number of nitrogens with zero attached hydrogens (tertiary/aromatic N) is 3. The van der Waals surface area contributed by atoms with E-state index in [1.807, 2.05) is 6.20 Å². The SMILES string of the molecule is CC1CN(c2cnccn2)CC(c2ccsc2)O1. The Hall–Kier alpha value is -1.46. The van der Waals surface area contributed by atoms with Gasteiger partial charge in [0, 0.05) is 25.5 Å². The van der Waals surface area contributed by atoms with Gasteiger partial charge < -0.3 is 9.64 Å². The van der Waals surface area contributed by atoms with Gasteiger partial charge in [-0.2, -0.15) is 11.3 Å². The van der Waals surface area contributed by atoms with Crippen LogP contribution in [0.4, 0.5) is 5.82 Å². The molecule has 2 aromatic rings. The third-order valence-corrected chi connectivity index (χ3v) is 3.75. The second-order valence-electron chi connectivity index (χ2n) is 4.46. The van der Waals surface area contributed by atoms with Crippen LogP contribution in [0.3, 0.4) is 0 Å². The summed E-state index contributed by atoms with van der Waals surface area (Å²) in [5, 5.41) is 4.24. The van der Waals surface area contributed by atoms with E-state index in [1.54, 1.807) is 23.7 Å². The minimum absolute atomic E-state index is 0.127. The zero-order valence-corrected chi connectivity index (χ0v) is 11.0. The second kappa shape index (κ2) is 5.04. The summed E-state index contributed by atoms with van der Waals surface area (Å²) in [6.07, 6.45) is 5.56. The summed E-state index contributed by atoms with van der Waals surface area (Å²) >= 11 is 1.71. The lowest BCUT2D eigenvalue weighted by Gasteiger charge is -2.37. The first-order valence-electron chi connectivity index (χ1n) is 6.01.